The molecule has 2 aliphatic heterocycles. The fourth-order valence-corrected chi connectivity index (χ4v) is 6.47. The number of thiazole rings is 1. The van der Waals surface area contributed by atoms with Gasteiger partial charge < -0.3 is 46.4 Å². The number of ether oxygens (including phenoxy) is 1. The number of esters is 1. The van der Waals surface area contributed by atoms with E-state index in [9.17, 15) is 49.2 Å². The summed E-state index contributed by atoms with van der Waals surface area (Å²) in [7, 11) is 1.04. The van der Waals surface area contributed by atoms with Crippen molar-refractivity contribution in [3.63, 3.8) is 0 Å². The average Bonchev–Trinajstić information content (AvgIpc) is 3.50. The van der Waals surface area contributed by atoms with Crippen LogP contribution in [0.2, 0.25) is 0 Å². The molecule has 3 aromatic rings. The second-order valence-corrected chi connectivity index (χ2v) is 13.0. The van der Waals surface area contributed by atoms with Crippen molar-refractivity contribution < 1.29 is 58.8 Å². The fraction of sp³-hybridized carbons (Fsp3) is 0.286. The van der Waals surface area contributed by atoms with Crippen LogP contribution in [0.25, 0.3) is 11.0 Å². The van der Waals surface area contributed by atoms with Gasteiger partial charge in [0.05, 0.1) is 18.1 Å². The summed E-state index contributed by atoms with van der Waals surface area (Å²) in [6.45, 7) is 1.97. The number of rotatable bonds is 11. The lowest BCUT2D eigenvalue weighted by Crippen LogP contribution is -2.71. The molecule has 0 spiro atoms. The monoisotopic (exact) mass is 730 g/mol. The Hall–Kier alpha value is -6.03. The third-order valence-electron chi connectivity index (χ3n) is 7.21. The molecule has 0 aliphatic carbocycles. The van der Waals surface area contributed by atoms with Gasteiger partial charge in [-0.3, -0.25) is 19.3 Å². The Morgan fingerprint density at radius 1 is 1.08 bits per heavy atom. The Bertz CT molecular complexity index is 2050. The molecule has 2 atom stereocenters. The molecular weight excluding hydrogens is 704 g/mol. The van der Waals surface area contributed by atoms with Crippen molar-refractivity contribution in [3.8, 4) is 11.5 Å². The van der Waals surface area contributed by atoms with Crippen LogP contribution in [0.5, 0.6) is 11.5 Å². The molecule has 8 N–H and O–H groups in total. The number of nitrogens with two attached hydrogens (primary N) is 1. The number of fused-ring (bicyclic) bond motifs is 2. The topological polar surface area (TPSA) is 306 Å². The molecule has 1 fully saturated rings. The second-order valence-electron chi connectivity index (χ2n) is 11.0. The summed E-state index contributed by atoms with van der Waals surface area (Å²) in [4.78, 5) is 94.2. The van der Waals surface area contributed by atoms with Crippen LogP contribution in [0, 0.1) is 0 Å². The van der Waals surface area contributed by atoms with E-state index in [2.05, 4.69) is 30.7 Å². The third-order valence-corrected chi connectivity index (χ3v) is 9.23. The van der Waals surface area contributed by atoms with Crippen molar-refractivity contribution in [1.29, 1.82) is 0 Å². The molecule has 0 bridgehead atoms. The Morgan fingerprint density at radius 3 is 2.28 bits per heavy atom. The number of carbonyl (C=O) groups excluding carboxylic acids is 4. The van der Waals surface area contributed by atoms with Crippen molar-refractivity contribution in [1.82, 2.24) is 30.5 Å². The summed E-state index contributed by atoms with van der Waals surface area (Å²) in [5, 5.41) is 48.2. The number of hydrogen-bond donors (Lipinski definition) is 7. The lowest BCUT2D eigenvalue weighted by Gasteiger charge is -2.49. The summed E-state index contributed by atoms with van der Waals surface area (Å²) < 4.78 is 4.69. The van der Waals surface area contributed by atoms with E-state index in [4.69, 9.17) is 15.3 Å². The fourth-order valence-electron chi connectivity index (χ4n) is 4.58. The van der Waals surface area contributed by atoms with E-state index in [-0.39, 0.29) is 33.2 Å². The van der Waals surface area contributed by atoms with Crippen LogP contribution in [-0.4, -0.2) is 118 Å². The first kappa shape index (κ1) is 35.3. The number of aliphatic carboxylic acids is 2. The number of thioether (sulfide) groups is 1. The molecule has 2 aromatic heterocycles. The van der Waals surface area contributed by atoms with Crippen molar-refractivity contribution in [2.45, 2.75) is 30.9 Å². The molecule has 2 aliphatic rings. The Balaban J connectivity index is 1.35. The summed E-state index contributed by atoms with van der Waals surface area (Å²) in [6, 6.07) is 0.813. The Labute approximate surface area is 288 Å². The van der Waals surface area contributed by atoms with Crippen molar-refractivity contribution >= 4 is 80.6 Å². The summed E-state index contributed by atoms with van der Waals surface area (Å²) in [5.41, 5.74) is 1.82. The summed E-state index contributed by atoms with van der Waals surface area (Å²) in [6.07, 6.45) is 0. The third kappa shape index (κ3) is 6.64. The van der Waals surface area contributed by atoms with E-state index in [1.54, 1.807) is 0 Å². The van der Waals surface area contributed by atoms with Crippen LogP contribution in [0.15, 0.2) is 33.9 Å². The molecule has 1 saturated heterocycles. The van der Waals surface area contributed by atoms with Gasteiger partial charge in [0.2, 0.25) is 5.60 Å². The van der Waals surface area contributed by atoms with Gasteiger partial charge in [0, 0.05) is 29.8 Å². The predicted octanol–water partition coefficient (Wildman–Crippen LogP) is -0.381. The number of nitrogen functional groups attached to an aromatic ring is 1. The maximum Gasteiger partial charge on any atom is 0.359 e. The number of β-lactam (4-membered cyclic amide) rings is 1. The number of carboxylic acids is 2. The number of carboxylic acid groups (broad SMARTS) is 2. The lowest BCUT2D eigenvalue weighted by atomic mass is 10.0. The SMILES string of the molecule is COC(=O)c1nc2cc(O)c(O)cc2nc1C(=O)NCC1=C(C(=O)O)N2C(=O)C(NC(=O)/C(=N\OC(C)(C)C(=O)O)c3csc(N)n3)[C@H]2SC1. The normalized spacial score (nSPS) is 17.5. The van der Waals surface area contributed by atoms with Crippen LogP contribution in [-0.2, 0) is 28.8 Å². The highest BCUT2D eigenvalue weighted by Gasteiger charge is 2.54. The molecule has 50 heavy (non-hydrogen) atoms. The van der Waals surface area contributed by atoms with Crippen molar-refractivity contribution in [3.05, 3.63) is 45.9 Å². The quantitative estimate of drug-likeness (QED) is 0.0435. The number of aromatic nitrogens is 3. The molecule has 5 rings (SSSR count). The predicted molar refractivity (Wildman–Crippen MR) is 172 cm³/mol. The molecule has 262 valence electrons. The minimum atomic E-state index is -1.84. The highest BCUT2D eigenvalue weighted by molar-refractivity contribution is 8.00. The van der Waals surface area contributed by atoms with E-state index in [1.807, 2.05) is 0 Å². The number of phenols is 2. The molecule has 1 unspecified atom stereocenters. The largest absolute Gasteiger partial charge is 0.504 e. The molecule has 1 aromatic carbocycles. The van der Waals surface area contributed by atoms with Crippen LogP contribution >= 0.6 is 23.1 Å². The van der Waals surface area contributed by atoms with E-state index in [0.29, 0.717) is 0 Å². The van der Waals surface area contributed by atoms with Crippen molar-refractivity contribution in [2.75, 3.05) is 25.1 Å². The van der Waals surface area contributed by atoms with Gasteiger partial charge in [-0.05, 0) is 19.4 Å². The molecule has 3 amide bonds. The number of phenolic OH excluding ortho intramolecular Hbond substituents is 2. The Kier molecular flexibility index (Phi) is 9.50. The van der Waals surface area contributed by atoms with E-state index >= 15 is 0 Å². The minimum Gasteiger partial charge on any atom is -0.504 e. The van der Waals surface area contributed by atoms with Crippen molar-refractivity contribution in [2.24, 2.45) is 5.16 Å². The van der Waals surface area contributed by atoms with Crippen LogP contribution in [0.4, 0.5) is 5.13 Å². The smallest absolute Gasteiger partial charge is 0.359 e. The van der Waals surface area contributed by atoms with Crippen LogP contribution in [0.1, 0.15) is 40.5 Å². The van der Waals surface area contributed by atoms with Crippen LogP contribution < -0.4 is 16.4 Å². The molecular formula is C28H26N8O12S2. The molecule has 22 heteroatoms. The van der Waals surface area contributed by atoms with E-state index in [1.165, 1.54) is 19.2 Å². The highest BCUT2D eigenvalue weighted by Crippen LogP contribution is 2.40. The number of methoxy groups -OCH3 is 1. The number of oxime groups is 1. The number of carbonyl (C=O) groups is 6. The van der Waals surface area contributed by atoms with Gasteiger partial charge in [-0.15, -0.1) is 23.1 Å². The van der Waals surface area contributed by atoms with E-state index < -0.39 is 93.5 Å². The van der Waals surface area contributed by atoms with Gasteiger partial charge in [-0.25, -0.2) is 29.3 Å². The molecule has 20 nitrogen and oxygen atoms in total. The standard InChI is InChI=1S/C28H26N8O12S2/c1-28(2,26(45)46)48-35-15(12-8-50-27(29)33-12)21(40)34-18-22(41)36-19(24(42)43)9(7-49-23(18)36)6-30-20(39)16-17(25(44)47-3)32-11-5-14(38)13(37)4-10(11)31-16/h4-5,8,18,23,37-38H,6-7H2,1-3H3,(H2,29,33)(H,30,39)(H,34,40)(H,42,43)(H,45,46)/b35-15-/t18?,23-/m1/s1. The van der Waals surface area contributed by atoms with E-state index in [0.717, 1.165) is 47.2 Å². The molecule has 4 heterocycles. The van der Waals surface area contributed by atoms with Gasteiger partial charge in [-0.1, -0.05) is 5.16 Å². The Morgan fingerprint density at radius 2 is 1.72 bits per heavy atom. The number of anilines is 1. The maximum absolute atomic E-state index is 13.3. The zero-order chi connectivity index (χ0) is 36.7. The van der Waals surface area contributed by atoms with Gasteiger partial charge in [0.1, 0.15) is 22.8 Å². The van der Waals surface area contributed by atoms with Gasteiger partial charge in [-0.2, -0.15) is 0 Å². The first-order valence-corrected chi connectivity index (χ1v) is 16.0. The minimum absolute atomic E-state index is 0.0252. The van der Waals surface area contributed by atoms with Crippen LogP contribution in [0.3, 0.4) is 0 Å². The van der Waals surface area contributed by atoms with Gasteiger partial charge in [0.25, 0.3) is 17.7 Å². The zero-order valence-electron chi connectivity index (χ0n) is 26.0. The number of amides is 3. The van der Waals surface area contributed by atoms with Gasteiger partial charge in [0.15, 0.2) is 33.7 Å². The van der Waals surface area contributed by atoms with Gasteiger partial charge >= 0.3 is 17.9 Å². The average molecular weight is 731 g/mol. The first-order chi connectivity index (χ1) is 23.5. The number of nitrogens with one attached hydrogen (secondary N) is 2. The lowest BCUT2D eigenvalue weighted by molar-refractivity contribution is -0.161. The summed E-state index contributed by atoms with van der Waals surface area (Å²) in [5.74, 6) is -7.81. The number of hydrogen-bond acceptors (Lipinski definition) is 17. The highest BCUT2D eigenvalue weighted by atomic mass is 32.2. The zero-order valence-corrected chi connectivity index (χ0v) is 27.6. The molecule has 0 saturated carbocycles. The molecule has 0 radical (unpaired) electrons. The number of nitrogens with zero attached hydrogens (tertiary/aromatic N) is 5. The summed E-state index contributed by atoms with van der Waals surface area (Å²) >= 11 is 2.04. The number of aromatic hydroxyl groups is 2. The first-order valence-electron chi connectivity index (χ1n) is 14.1. The maximum atomic E-state index is 13.3. The number of benzene rings is 1. The second kappa shape index (κ2) is 13.5.